The lowest BCUT2D eigenvalue weighted by molar-refractivity contribution is 0.102. The van der Waals surface area contributed by atoms with Gasteiger partial charge in [0.1, 0.15) is 5.75 Å². The number of carbonyl (C=O) groups excluding carboxylic acids is 1. The molecule has 19 heavy (non-hydrogen) atoms. The minimum absolute atomic E-state index is 0. The van der Waals surface area contributed by atoms with Crippen LogP contribution in [0.3, 0.4) is 0 Å². The number of ether oxygens (including phenoxy) is 1. The van der Waals surface area contributed by atoms with Crippen LogP contribution in [0, 0.1) is 0 Å². The topological polar surface area (TPSA) is 50.7 Å². The van der Waals surface area contributed by atoms with Crippen LogP contribution in [0.15, 0.2) is 23.2 Å². The van der Waals surface area contributed by atoms with Crippen molar-refractivity contribution in [1.29, 1.82) is 0 Å². The average Bonchev–Trinajstić information content (AvgIpc) is 2.89. The molecular formula is C12H14Cl2N2O2S. The van der Waals surface area contributed by atoms with Crippen molar-refractivity contribution in [2.45, 2.75) is 0 Å². The Bertz CT molecular complexity index is 495. The van der Waals surface area contributed by atoms with Crippen molar-refractivity contribution >= 4 is 46.7 Å². The second kappa shape index (κ2) is 7.62. The molecule has 4 nitrogen and oxygen atoms in total. The third-order valence-electron chi connectivity index (χ3n) is 2.46. The lowest BCUT2D eigenvalue weighted by atomic mass is 10.1. The molecule has 0 aromatic heterocycles. The number of nitrogens with zero attached hydrogens (tertiary/aromatic N) is 1. The maximum absolute atomic E-state index is 12.0. The van der Waals surface area contributed by atoms with Crippen LogP contribution in [0.1, 0.15) is 10.4 Å². The van der Waals surface area contributed by atoms with E-state index >= 15 is 0 Å². The summed E-state index contributed by atoms with van der Waals surface area (Å²) < 4.78 is 5.04. The van der Waals surface area contributed by atoms with Crippen LogP contribution in [0.5, 0.6) is 5.75 Å². The smallest absolute Gasteiger partial charge is 0.173 e. The number of benzene rings is 1. The highest BCUT2D eigenvalue weighted by atomic mass is 35.5. The fourth-order valence-electron chi connectivity index (χ4n) is 1.53. The summed E-state index contributed by atoms with van der Waals surface area (Å²) >= 11 is 7.40. The second-order valence-electron chi connectivity index (χ2n) is 3.67. The van der Waals surface area contributed by atoms with Gasteiger partial charge in [-0.15, -0.1) is 12.4 Å². The molecule has 0 spiro atoms. The maximum atomic E-state index is 12.0. The monoisotopic (exact) mass is 320 g/mol. The molecule has 1 aromatic rings. The number of thioether (sulfide) groups is 1. The number of hydrogen-bond acceptors (Lipinski definition) is 5. The Kier molecular flexibility index (Phi) is 6.48. The van der Waals surface area contributed by atoms with Crippen molar-refractivity contribution in [3.8, 4) is 5.75 Å². The first-order valence-electron chi connectivity index (χ1n) is 5.48. The van der Waals surface area contributed by atoms with E-state index in [4.69, 9.17) is 16.3 Å². The van der Waals surface area contributed by atoms with E-state index in [0.29, 0.717) is 22.1 Å². The molecule has 1 heterocycles. The van der Waals surface area contributed by atoms with Crippen molar-refractivity contribution in [1.82, 2.24) is 5.32 Å². The number of nitrogens with one attached hydrogen (secondary N) is 1. The number of halogens is 2. The molecule has 0 amide bonds. The number of hydrogen-bond donors (Lipinski definition) is 1. The van der Waals surface area contributed by atoms with Crippen molar-refractivity contribution < 1.29 is 9.53 Å². The summed E-state index contributed by atoms with van der Waals surface area (Å²) in [7, 11) is 1.54. The molecule has 0 bridgehead atoms. The van der Waals surface area contributed by atoms with Gasteiger partial charge < -0.3 is 10.1 Å². The standard InChI is InChI=1S/C12H13ClN2O2S.ClH/c1-17-11-3-2-8(6-9(11)13)10(16)7-18-12-14-4-5-15-12;/h2-3,6H,4-5,7H2,1H3,(H,14,15);1H. The van der Waals surface area contributed by atoms with Crippen LogP contribution < -0.4 is 10.1 Å². The molecule has 0 atom stereocenters. The number of aliphatic imine (C=N–C) groups is 1. The number of ketones is 1. The van der Waals surface area contributed by atoms with Crippen molar-refractivity contribution in [2.75, 3.05) is 26.0 Å². The van der Waals surface area contributed by atoms with E-state index in [1.165, 1.54) is 11.8 Å². The molecule has 2 rings (SSSR count). The van der Waals surface area contributed by atoms with Gasteiger partial charge in [-0.2, -0.15) is 0 Å². The molecule has 0 radical (unpaired) electrons. The highest BCUT2D eigenvalue weighted by molar-refractivity contribution is 8.14. The lowest BCUT2D eigenvalue weighted by Crippen LogP contribution is -2.17. The minimum atomic E-state index is 0. The van der Waals surface area contributed by atoms with Gasteiger partial charge >= 0.3 is 0 Å². The molecule has 1 aliphatic rings. The predicted octanol–water partition coefficient (Wildman–Crippen LogP) is 2.65. The summed E-state index contributed by atoms with van der Waals surface area (Å²) in [5.41, 5.74) is 0.590. The highest BCUT2D eigenvalue weighted by Crippen LogP contribution is 2.25. The number of carbonyl (C=O) groups is 1. The maximum Gasteiger partial charge on any atom is 0.173 e. The molecule has 104 valence electrons. The van der Waals surface area contributed by atoms with Crippen LogP contribution in [-0.2, 0) is 0 Å². The van der Waals surface area contributed by atoms with Gasteiger partial charge in [-0.05, 0) is 18.2 Å². The minimum Gasteiger partial charge on any atom is -0.495 e. The summed E-state index contributed by atoms with van der Waals surface area (Å²) in [6.45, 7) is 1.63. The summed E-state index contributed by atoms with van der Waals surface area (Å²) in [4.78, 5) is 16.2. The Hall–Kier alpha value is -0.910. The fourth-order valence-corrected chi connectivity index (χ4v) is 2.61. The van der Waals surface area contributed by atoms with E-state index in [9.17, 15) is 4.79 Å². The van der Waals surface area contributed by atoms with Crippen molar-refractivity contribution in [3.63, 3.8) is 0 Å². The SMILES string of the molecule is COc1ccc(C(=O)CSC2=NCCN2)cc1Cl.Cl. The number of methoxy groups -OCH3 is 1. The number of Topliss-reactive ketones (excluding diaryl/α,β-unsaturated/α-hetero) is 1. The highest BCUT2D eigenvalue weighted by Gasteiger charge is 2.12. The number of rotatable bonds is 4. The molecule has 0 fully saturated rings. The number of amidine groups is 1. The Morgan fingerprint density at radius 3 is 2.95 bits per heavy atom. The fraction of sp³-hybridized carbons (Fsp3) is 0.333. The van der Waals surface area contributed by atoms with E-state index in [1.54, 1.807) is 25.3 Å². The van der Waals surface area contributed by atoms with Gasteiger partial charge in [-0.3, -0.25) is 9.79 Å². The quantitative estimate of drug-likeness (QED) is 0.866. The Morgan fingerprint density at radius 1 is 1.58 bits per heavy atom. The first-order chi connectivity index (χ1) is 8.70. The predicted molar refractivity (Wildman–Crippen MR) is 82.3 cm³/mol. The first-order valence-corrected chi connectivity index (χ1v) is 6.85. The van der Waals surface area contributed by atoms with E-state index < -0.39 is 0 Å². The summed E-state index contributed by atoms with van der Waals surface area (Å²) in [5, 5.41) is 4.39. The molecule has 1 aromatic carbocycles. The van der Waals surface area contributed by atoms with Crippen molar-refractivity contribution in [3.05, 3.63) is 28.8 Å². The van der Waals surface area contributed by atoms with E-state index in [2.05, 4.69) is 10.3 Å². The molecule has 0 saturated heterocycles. The van der Waals surface area contributed by atoms with Crippen LogP contribution >= 0.6 is 35.8 Å². The van der Waals surface area contributed by atoms with Gasteiger partial charge in [0.05, 0.1) is 24.4 Å². The Labute approximate surface area is 127 Å². The van der Waals surface area contributed by atoms with Crippen LogP contribution in [0.4, 0.5) is 0 Å². The molecule has 0 saturated carbocycles. The third kappa shape index (κ3) is 4.30. The van der Waals surface area contributed by atoms with Gasteiger partial charge in [-0.1, -0.05) is 23.4 Å². The van der Waals surface area contributed by atoms with Gasteiger partial charge in [0.15, 0.2) is 11.0 Å². The van der Waals surface area contributed by atoms with Crippen molar-refractivity contribution in [2.24, 2.45) is 4.99 Å². The molecule has 1 N–H and O–H groups in total. The molecule has 0 unspecified atom stereocenters. The molecular weight excluding hydrogens is 307 g/mol. The largest absolute Gasteiger partial charge is 0.495 e. The van der Waals surface area contributed by atoms with Crippen LogP contribution in [0.25, 0.3) is 0 Å². The summed E-state index contributed by atoms with van der Waals surface area (Å²) in [6, 6.07) is 5.05. The zero-order chi connectivity index (χ0) is 13.0. The van der Waals surface area contributed by atoms with E-state index in [1.807, 2.05) is 0 Å². The van der Waals surface area contributed by atoms with E-state index in [-0.39, 0.29) is 18.2 Å². The van der Waals surface area contributed by atoms with Crippen LogP contribution in [-0.4, -0.2) is 36.9 Å². The van der Waals surface area contributed by atoms with Gasteiger partial charge in [0, 0.05) is 12.1 Å². The van der Waals surface area contributed by atoms with Gasteiger partial charge in [0.25, 0.3) is 0 Å². The first kappa shape index (κ1) is 16.1. The molecule has 0 aliphatic carbocycles. The van der Waals surface area contributed by atoms with E-state index in [0.717, 1.165) is 18.3 Å². The zero-order valence-electron chi connectivity index (χ0n) is 10.3. The third-order valence-corrected chi connectivity index (χ3v) is 3.71. The van der Waals surface area contributed by atoms with Crippen LogP contribution in [0.2, 0.25) is 5.02 Å². The lowest BCUT2D eigenvalue weighted by Gasteiger charge is -2.05. The van der Waals surface area contributed by atoms with Gasteiger partial charge in [-0.25, -0.2) is 0 Å². The summed E-state index contributed by atoms with van der Waals surface area (Å²) in [6.07, 6.45) is 0. The Balaban J connectivity index is 0.00000180. The molecule has 1 aliphatic heterocycles. The summed E-state index contributed by atoms with van der Waals surface area (Å²) in [5.74, 6) is 0.956. The Morgan fingerprint density at radius 2 is 2.37 bits per heavy atom. The average molecular weight is 321 g/mol. The normalized spacial score (nSPS) is 13.3. The molecule has 7 heteroatoms. The second-order valence-corrected chi connectivity index (χ2v) is 5.05. The zero-order valence-corrected chi connectivity index (χ0v) is 12.7. The van der Waals surface area contributed by atoms with Gasteiger partial charge in [0.2, 0.25) is 0 Å².